The van der Waals surface area contributed by atoms with Gasteiger partial charge in [-0.05, 0) is 12.8 Å². The van der Waals surface area contributed by atoms with E-state index in [1.165, 1.54) is 10.9 Å². The summed E-state index contributed by atoms with van der Waals surface area (Å²) in [5.74, 6) is -0.473. The minimum absolute atomic E-state index is 0.00870. The van der Waals surface area contributed by atoms with Gasteiger partial charge in [0.1, 0.15) is 24.1 Å². The standard InChI is InChI=1S/C13H24N4O6/c14-12-10(13(23)15-3-1-2-4-18)16-7-17(12)5-8(20)11(22)9(21)6-19/h7-9,11,18-22H,1-6,14H2,(H,15,23)/t8-,9+,11-/m0/s1. The minimum atomic E-state index is -1.56. The molecule has 0 radical (unpaired) electrons. The molecule has 0 saturated heterocycles. The quantitative estimate of drug-likeness (QED) is 0.222. The molecule has 0 aliphatic rings. The van der Waals surface area contributed by atoms with Gasteiger partial charge in [-0.3, -0.25) is 4.79 Å². The van der Waals surface area contributed by atoms with Crippen LogP contribution in [0, 0.1) is 0 Å². The third-order valence-corrected chi connectivity index (χ3v) is 3.32. The zero-order chi connectivity index (χ0) is 17.4. The lowest BCUT2D eigenvalue weighted by atomic mass is 10.1. The molecule has 1 rings (SSSR count). The molecular formula is C13H24N4O6. The van der Waals surface area contributed by atoms with Gasteiger partial charge in [-0.15, -0.1) is 0 Å². The van der Waals surface area contributed by atoms with E-state index in [9.17, 15) is 20.1 Å². The van der Waals surface area contributed by atoms with Crippen LogP contribution in [0.15, 0.2) is 6.33 Å². The Kier molecular flexibility index (Phi) is 7.92. The molecule has 10 nitrogen and oxygen atoms in total. The maximum absolute atomic E-state index is 11.9. The normalized spacial score (nSPS) is 15.2. The van der Waals surface area contributed by atoms with Gasteiger partial charge in [0.25, 0.3) is 5.91 Å². The van der Waals surface area contributed by atoms with Crippen LogP contribution < -0.4 is 11.1 Å². The Labute approximate surface area is 133 Å². The SMILES string of the molecule is Nc1c(C(=O)NCCCCO)ncn1C[C@H](O)[C@H](O)[C@H](O)CO. The lowest BCUT2D eigenvalue weighted by Gasteiger charge is -2.22. The second kappa shape index (κ2) is 9.43. The third-order valence-electron chi connectivity index (χ3n) is 3.32. The fraction of sp³-hybridized carbons (Fsp3) is 0.692. The molecule has 10 heteroatoms. The number of carbonyl (C=O) groups excluding carboxylic acids is 1. The van der Waals surface area contributed by atoms with Crippen LogP contribution in [0.2, 0.25) is 0 Å². The molecule has 0 aliphatic heterocycles. The van der Waals surface area contributed by atoms with Crippen LogP contribution >= 0.6 is 0 Å². The summed E-state index contributed by atoms with van der Waals surface area (Å²) >= 11 is 0. The molecule has 1 aromatic rings. The number of nitrogen functional groups attached to an aromatic ring is 1. The molecule has 1 aromatic heterocycles. The number of carbonyl (C=O) groups is 1. The number of aromatic nitrogens is 2. The monoisotopic (exact) mass is 332 g/mol. The third kappa shape index (κ3) is 5.44. The van der Waals surface area contributed by atoms with E-state index in [4.69, 9.17) is 15.9 Å². The average Bonchev–Trinajstić information content (AvgIpc) is 2.90. The molecule has 0 aromatic carbocycles. The average molecular weight is 332 g/mol. The van der Waals surface area contributed by atoms with Crippen LogP contribution in [0.4, 0.5) is 5.82 Å². The fourth-order valence-corrected chi connectivity index (χ4v) is 1.91. The molecule has 0 fully saturated rings. The fourth-order valence-electron chi connectivity index (χ4n) is 1.91. The molecule has 0 saturated carbocycles. The van der Waals surface area contributed by atoms with E-state index in [0.717, 1.165) is 0 Å². The zero-order valence-electron chi connectivity index (χ0n) is 12.7. The molecule has 3 atom stereocenters. The first-order chi connectivity index (χ1) is 10.9. The highest BCUT2D eigenvalue weighted by Gasteiger charge is 2.25. The van der Waals surface area contributed by atoms with Gasteiger partial charge in [0, 0.05) is 13.2 Å². The Hall–Kier alpha value is -1.72. The maximum atomic E-state index is 11.9. The number of aliphatic hydroxyl groups excluding tert-OH is 5. The highest BCUT2D eigenvalue weighted by Crippen LogP contribution is 2.12. The van der Waals surface area contributed by atoms with E-state index >= 15 is 0 Å². The van der Waals surface area contributed by atoms with E-state index in [2.05, 4.69) is 10.3 Å². The van der Waals surface area contributed by atoms with Gasteiger partial charge in [-0.25, -0.2) is 4.98 Å². The number of hydrogen-bond acceptors (Lipinski definition) is 8. The van der Waals surface area contributed by atoms with Gasteiger partial charge in [0.2, 0.25) is 0 Å². The number of nitrogens with two attached hydrogens (primary N) is 1. The van der Waals surface area contributed by atoms with Crippen molar-refractivity contribution in [2.45, 2.75) is 37.7 Å². The summed E-state index contributed by atoms with van der Waals surface area (Å²) in [6.07, 6.45) is -2.01. The summed E-state index contributed by atoms with van der Waals surface area (Å²) < 4.78 is 1.26. The van der Waals surface area contributed by atoms with Gasteiger partial charge in [-0.2, -0.15) is 0 Å². The molecule has 132 valence electrons. The van der Waals surface area contributed by atoms with E-state index < -0.39 is 30.8 Å². The number of nitrogens with one attached hydrogen (secondary N) is 1. The first-order valence-electron chi connectivity index (χ1n) is 7.27. The second-order valence-corrected chi connectivity index (χ2v) is 5.13. The molecule has 0 aliphatic carbocycles. The van der Waals surface area contributed by atoms with E-state index in [1.54, 1.807) is 0 Å². The largest absolute Gasteiger partial charge is 0.396 e. The number of nitrogens with zero attached hydrogens (tertiary/aromatic N) is 2. The molecule has 1 amide bonds. The predicted molar refractivity (Wildman–Crippen MR) is 80.4 cm³/mol. The number of hydrogen-bond donors (Lipinski definition) is 7. The lowest BCUT2D eigenvalue weighted by Crippen LogP contribution is -2.41. The van der Waals surface area contributed by atoms with Crippen LogP contribution in [0.25, 0.3) is 0 Å². The Morgan fingerprint density at radius 2 is 1.96 bits per heavy atom. The number of rotatable bonds is 10. The van der Waals surface area contributed by atoms with Crippen molar-refractivity contribution < 1.29 is 30.3 Å². The van der Waals surface area contributed by atoms with Crippen LogP contribution in [0.1, 0.15) is 23.3 Å². The van der Waals surface area contributed by atoms with Crippen LogP contribution in [-0.2, 0) is 6.54 Å². The first kappa shape index (κ1) is 19.3. The highest BCUT2D eigenvalue weighted by atomic mass is 16.4. The van der Waals surface area contributed by atoms with E-state index in [0.29, 0.717) is 19.4 Å². The molecular weight excluding hydrogens is 308 g/mol. The summed E-state index contributed by atoms with van der Waals surface area (Å²) in [6, 6.07) is 0. The van der Waals surface area contributed by atoms with Crippen LogP contribution in [0.3, 0.4) is 0 Å². The Morgan fingerprint density at radius 3 is 2.57 bits per heavy atom. The van der Waals surface area contributed by atoms with Gasteiger partial charge in [0.05, 0.1) is 19.5 Å². The van der Waals surface area contributed by atoms with E-state index in [1.807, 2.05) is 0 Å². The Bertz CT molecular complexity index is 495. The summed E-state index contributed by atoms with van der Waals surface area (Å²) in [5.41, 5.74) is 5.77. The molecule has 8 N–H and O–H groups in total. The zero-order valence-corrected chi connectivity index (χ0v) is 12.7. The van der Waals surface area contributed by atoms with Crippen molar-refractivity contribution in [3.8, 4) is 0 Å². The molecule has 0 spiro atoms. The summed E-state index contributed by atoms with van der Waals surface area (Å²) in [6.45, 7) is -0.476. The van der Waals surface area contributed by atoms with Crippen LogP contribution in [0.5, 0.6) is 0 Å². The molecule has 1 heterocycles. The highest BCUT2D eigenvalue weighted by molar-refractivity contribution is 5.96. The Balaban J connectivity index is 2.63. The first-order valence-corrected chi connectivity index (χ1v) is 7.27. The lowest BCUT2D eigenvalue weighted by molar-refractivity contribution is -0.0804. The van der Waals surface area contributed by atoms with Crippen LogP contribution in [-0.4, -0.2) is 79.1 Å². The topological polar surface area (TPSA) is 174 Å². The van der Waals surface area contributed by atoms with Crippen molar-refractivity contribution in [3.05, 3.63) is 12.0 Å². The number of amides is 1. The smallest absolute Gasteiger partial charge is 0.273 e. The van der Waals surface area contributed by atoms with Gasteiger partial charge >= 0.3 is 0 Å². The van der Waals surface area contributed by atoms with Crippen molar-refractivity contribution in [1.82, 2.24) is 14.9 Å². The molecule has 0 unspecified atom stereocenters. The Morgan fingerprint density at radius 1 is 1.26 bits per heavy atom. The van der Waals surface area contributed by atoms with Gasteiger partial charge in [-0.1, -0.05) is 0 Å². The van der Waals surface area contributed by atoms with Crippen molar-refractivity contribution in [1.29, 1.82) is 0 Å². The van der Waals surface area contributed by atoms with Crippen molar-refractivity contribution in [2.75, 3.05) is 25.5 Å². The van der Waals surface area contributed by atoms with E-state index in [-0.39, 0.29) is 24.7 Å². The number of anilines is 1. The summed E-state index contributed by atoms with van der Waals surface area (Å²) in [7, 11) is 0. The van der Waals surface area contributed by atoms with Crippen molar-refractivity contribution in [3.63, 3.8) is 0 Å². The summed E-state index contributed by atoms with van der Waals surface area (Å²) in [5, 5.41) is 48.7. The minimum Gasteiger partial charge on any atom is -0.396 e. The number of aliphatic hydroxyl groups is 5. The molecule has 23 heavy (non-hydrogen) atoms. The predicted octanol–water partition coefficient (Wildman–Crippen LogP) is -2.96. The van der Waals surface area contributed by atoms with Crippen molar-refractivity contribution in [2.24, 2.45) is 0 Å². The van der Waals surface area contributed by atoms with Gasteiger partial charge < -0.3 is 41.2 Å². The summed E-state index contributed by atoms with van der Waals surface area (Å²) in [4.78, 5) is 15.8. The van der Waals surface area contributed by atoms with Gasteiger partial charge in [0.15, 0.2) is 5.69 Å². The number of imidazole rings is 1. The maximum Gasteiger partial charge on any atom is 0.273 e. The van der Waals surface area contributed by atoms with Crippen molar-refractivity contribution >= 4 is 11.7 Å². The molecule has 0 bridgehead atoms. The second-order valence-electron chi connectivity index (χ2n) is 5.13. The number of unbranched alkanes of at least 4 members (excludes halogenated alkanes) is 1.